The Labute approximate surface area is 72.1 Å². The highest BCUT2D eigenvalue weighted by Crippen LogP contribution is 2.11. The van der Waals surface area contributed by atoms with Gasteiger partial charge in [-0.05, 0) is 13.8 Å². The largest absolute Gasteiger partial charge is 0.464 e. The van der Waals surface area contributed by atoms with Gasteiger partial charge in [0, 0.05) is 4.75 Å². The smallest absolute Gasteiger partial charge is 0.315 e. The Morgan fingerprint density at radius 2 is 2.10 bits per heavy atom. The fraction of sp³-hybridized carbons (Fsp3) is 0.833. The average Bonchev–Trinajstić information content (AvgIpc) is 1.81. The van der Waals surface area contributed by atoms with Crippen molar-refractivity contribution in [3.05, 3.63) is 0 Å². The third-order valence-electron chi connectivity index (χ3n) is 0.715. The molecule has 0 aromatic rings. The zero-order valence-electron chi connectivity index (χ0n) is 6.13. The molecule has 0 aliphatic heterocycles. The van der Waals surface area contributed by atoms with Crippen LogP contribution in [-0.2, 0) is 9.53 Å². The minimum atomic E-state index is -0.301. The summed E-state index contributed by atoms with van der Waals surface area (Å²) in [4.78, 5) is 10.5. The molecule has 0 radical (unpaired) electrons. The number of carbonyl (C=O) groups excluding carboxylic acids is 1. The molecule has 0 atom stereocenters. The predicted molar refractivity (Wildman–Crippen MR) is 47.9 cm³/mol. The van der Waals surface area contributed by atoms with E-state index in [4.69, 9.17) is 4.74 Å². The Hall–Kier alpha value is 0.170. The molecule has 0 aliphatic rings. The first kappa shape index (κ1) is 10.2. The van der Waals surface area contributed by atoms with E-state index in [-0.39, 0.29) is 16.5 Å². The number of hydrogen-bond donors (Lipinski definition) is 2. The van der Waals surface area contributed by atoms with E-state index >= 15 is 0 Å². The van der Waals surface area contributed by atoms with Crippen LogP contribution >= 0.6 is 25.3 Å². The molecular formula is C6H12O2S2. The van der Waals surface area contributed by atoms with Crippen molar-refractivity contribution >= 4 is 31.2 Å². The molecule has 0 heterocycles. The molecule has 0 N–H and O–H groups in total. The van der Waals surface area contributed by atoms with Gasteiger partial charge in [-0.2, -0.15) is 25.3 Å². The SMILES string of the molecule is CC(C)(S)COC(=O)CS. The Morgan fingerprint density at radius 1 is 1.60 bits per heavy atom. The molecule has 0 unspecified atom stereocenters. The third kappa shape index (κ3) is 6.29. The van der Waals surface area contributed by atoms with Gasteiger partial charge in [0.05, 0.1) is 5.75 Å². The fourth-order valence-corrected chi connectivity index (χ4v) is 0.459. The van der Waals surface area contributed by atoms with Crippen molar-refractivity contribution in [3.63, 3.8) is 0 Å². The van der Waals surface area contributed by atoms with E-state index < -0.39 is 0 Å². The molecular weight excluding hydrogens is 168 g/mol. The topological polar surface area (TPSA) is 26.3 Å². The fourth-order valence-electron chi connectivity index (χ4n) is 0.303. The molecule has 0 aromatic heterocycles. The summed E-state index contributed by atoms with van der Waals surface area (Å²) < 4.78 is 4.51. The van der Waals surface area contributed by atoms with Crippen molar-refractivity contribution in [2.24, 2.45) is 0 Å². The molecule has 0 rings (SSSR count). The molecule has 0 bridgehead atoms. The van der Waals surface area contributed by atoms with Crippen LogP contribution in [0, 0.1) is 0 Å². The van der Waals surface area contributed by atoms with E-state index in [2.05, 4.69) is 25.3 Å². The van der Waals surface area contributed by atoms with Crippen LogP contribution in [0.25, 0.3) is 0 Å². The maximum atomic E-state index is 10.5. The number of ether oxygens (including phenoxy) is 1. The molecule has 10 heavy (non-hydrogen) atoms. The van der Waals surface area contributed by atoms with Gasteiger partial charge in [-0.1, -0.05) is 0 Å². The van der Waals surface area contributed by atoms with Gasteiger partial charge in [-0.25, -0.2) is 0 Å². The summed E-state index contributed by atoms with van der Waals surface area (Å²) in [5.74, 6) is -0.172. The molecule has 0 aliphatic carbocycles. The van der Waals surface area contributed by atoms with Gasteiger partial charge in [-0.15, -0.1) is 0 Å². The first-order valence-corrected chi connectivity index (χ1v) is 4.02. The summed E-state index contributed by atoms with van der Waals surface area (Å²) in [5.41, 5.74) is 0. The summed E-state index contributed by atoms with van der Waals surface area (Å²) >= 11 is 7.91. The van der Waals surface area contributed by atoms with Gasteiger partial charge in [-0.3, -0.25) is 4.79 Å². The lowest BCUT2D eigenvalue weighted by Gasteiger charge is -2.16. The summed E-state index contributed by atoms with van der Waals surface area (Å²) in [6.45, 7) is 4.08. The number of esters is 1. The van der Waals surface area contributed by atoms with Crippen molar-refractivity contribution in [1.82, 2.24) is 0 Å². The highest BCUT2D eigenvalue weighted by atomic mass is 32.1. The first-order chi connectivity index (χ1) is 4.45. The second-order valence-electron chi connectivity index (χ2n) is 2.63. The van der Waals surface area contributed by atoms with Crippen LogP contribution in [0.5, 0.6) is 0 Å². The van der Waals surface area contributed by atoms with Crippen molar-refractivity contribution in [2.75, 3.05) is 12.4 Å². The lowest BCUT2D eigenvalue weighted by molar-refractivity contribution is -0.140. The minimum absolute atomic E-state index is 0.129. The highest BCUT2D eigenvalue weighted by molar-refractivity contribution is 7.81. The maximum absolute atomic E-state index is 10.5. The Kier molecular flexibility index (Phi) is 4.20. The van der Waals surface area contributed by atoms with E-state index in [0.717, 1.165) is 0 Å². The van der Waals surface area contributed by atoms with Crippen LogP contribution in [0.3, 0.4) is 0 Å². The zero-order chi connectivity index (χ0) is 8.20. The van der Waals surface area contributed by atoms with Gasteiger partial charge in [0.2, 0.25) is 0 Å². The van der Waals surface area contributed by atoms with Crippen LogP contribution in [-0.4, -0.2) is 23.1 Å². The van der Waals surface area contributed by atoms with E-state index in [1.54, 1.807) is 0 Å². The molecule has 0 saturated heterocycles. The average molecular weight is 180 g/mol. The second-order valence-corrected chi connectivity index (χ2v) is 4.16. The summed E-state index contributed by atoms with van der Waals surface area (Å²) in [5, 5.41) is 0. The van der Waals surface area contributed by atoms with Crippen molar-refractivity contribution < 1.29 is 9.53 Å². The quantitative estimate of drug-likeness (QED) is 0.504. The van der Waals surface area contributed by atoms with Crippen molar-refractivity contribution in [2.45, 2.75) is 18.6 Å². The lowest BCUT2D eigenvalue weighted by atomic mass is 10.2. The van der Waals surface area contributed by atoms with E-state index in [1.807, 2.05) is 13.8 Å². The highest BCUT2D eigenvalue weighted by Gasteiger charge is 2.13. The number of rotatable bonds is 3. The first-order valence-electron chi connectivity index (χ1n) is 2.94. The normalized spacial score (nSPS) is 11.2. The van der Waals surface area contributed by atoms with Crippen LogP contribution in [0.15, 0.2) is 0 Å². The molecule has 4 heteroatoms. The van der Waals surface area contributed by atoms with E-state index in [1.165, 1.54) is 0 Å². The molecule has 0 saturated carbocycles. The van der Waals surface area contributed by atoms with Gasteiger partial charge in [0.15, 0.2) is 0 Å². The van der Waals surface area contributed by atoms with Gasteiger partial charge >= 0.3 is 5.97 Å². The predicted octanol–water partition coefficient (Wildman–Crippen LogP) is 1.17. The third-order valence-corrected chi connectivity index (χ3v) is 1.10. The van der Waals surface area contributed by atoms with Crippen molar-refractivity contribution in [1.29, 1.82) is 0 Å². The summed E-state index contributed by atoms with van der Waals surface area (Å²) in [7, 11) is 0. The molecule has 0 fully saturated rings. The van der Waals surface area contributed by atoms with Gasteiger partial charge in [0.1, 0.15) is 6.61 Å². The van der Waals surface area contributed by atoms with Crippen LogP contribution in [0.1, 0.15) is 13.8 Å². The molecule has 2 nitrogen and oxygen atoms in total. The van der Waals surface area contributed by atoms with Gasteiger partial charge in [0.25, 0.3) is 0 Å². The maximum Gasteiger partial charge on any atom is 0.315 e. The number of carbonyl (C=O) groups is 1. The standard InChI is InChI=1S/C6H12O2S2/c1-6(2,10)4-8-5(7)3-9/h9-10H,3-4H2,1-2H3. The zero-order valence-corrected chi connectivity index (χ0v) is 7.91. The lowest BCUT2D eigenvalue weighted by Crippen LogP contribution is -2.22. The Bertz CT molecular complexity index is 117. The monoisotopic (exact) mass is 180 g/mol. The molecule has 0 amide bonds. The minimum Gasteiger partial charge on any atom is -0.464 e. The van der Waals surface area contributed by atoms with Crippen LogP contribution < -0.4 is 0 Å². The number of hydrogen-bond acceptors (Lipinski definition) is 4. The Balaban J connectivity index is 3.46. The van der Waals surface area contributed by atoms with Crippen LogP contribution in [0.2, 0.25) is 0 Å². The van der Waals surface area contributed by atoms with E-state index in [9.17, 15) is 4.79 Å². The molecule has 0 aromatic carbocycles. The van der Waals surface area contributed by atoms with Crippen LogP contribution in [0.4, 0.5) is 0 Å². The molecule has 0 spiro atoms. The number of thiol groups is 2. The molecule has 60 valence electrons. The summed E-state index contributed by atoms with van der Waals surface area (Å²) in [6, 6.07) is 0. The van der Waals surface area contributed by atoms with Crippen molar-refractivity contribution in [3.8, 4) is 0 Å². The Morgan fingerprint density at radius 3 is 2.40 bits per heavy atom. The van der Waals surface area contributed by atoms with E-state index in [0.29, 0.717) is 6.61 Å². The van der Waals surface area contributed by atoms with Gasteiger partial charge < -0.3 is 4.74 Å². The second kappa shape index (κ2) is 4.13. The summed E-state index contributed by atoms with van der Waals surface area (Å²) in [6.07, 6.45) is 0.